The third-order valence-corrected chi connectivity index (χ3v) is 3.04. The molecule has 1 amide bonds. The van der Waals surface area contributed by atoms with Crippen molar-refractivity contribution >= 4 is 11.6 Å². The molecule has 1 fully saturated rings. The Kier molecular flexibility index (Phi) is 3.67. The van der Waals surface area contributed by atoms with Crippen molar-refractivity contribution < 1.29 is 4.79 Å². The lowest BCUT2D eigenvalue weighted by molar-refractivity contribution is 0.0943. The van der Waals surface area contributed by atoms with Crippen LogP contribution in [0.5, 0.6) is 0 Å². The second-order valence-corrected chi connectivity index (χ2v) is 4.98. The molecule has 0 heterocycles. The topological polar surface area (TPSA) is 41.1 Å². The minimum atomic E-state index is -0.00445. The molecule has 0 aliphatic heterocycles. The van der Waals surface area contributed by atoms with Gasteiger partial charge < -0.3 is 10.6 Å². The van der Waals surface area contributed by atoms with E-state index in [1.165, 1.54) is 19.3 Å². The molecule has 17 heavy (non-hydrogen) atoms. The van der Waals surface area contributed by atoms with Crippen molar-refractivity contribution in [3.05, 3.63) is 29.8 Å². The molecule has 3 heteroatoms. The Bertz CT molecular complexity index is 380. The summed E-state index contributed by atoms with van der Waals surface area (Å²) >= 11 is 0. The molecule has 3 nitrogen and oxygen atoms in total. The molecule has 0 spiro atoms. The Morgan fingerprint density at radius 2 is 1.88 bits per heavy atom. The average Bonchev–Trinajstić information content (AvgIpc) is 2.23. The highest BCUT2D eigenvalue weighted by Gasteiger charge is 2.16. The third-order valence-electron chi connectivity index (χ3n) is 3.04. The van der Waals surface area contributed by atoms with Crippen LogP contribution in [0.2, 0.25) is 0 Å². The van der Waals surface area contributed by atoms with Crippen LogP contribution in [0.1, 0.15) is 43.5 Å². The van der Waals surface area contributed by atoms with Crippen LogP contribution in [0.25, 0.3) is 0 Å². The molecule has 1 aromatic rings. The van der Waals surface area contributed by atoms with Crippen molar-refractivity contribution in [3.8, 4) is 0 Å². The largest absolute Gasteiger partial charge is 0.382 e. The normalized spacial score (nSPS) is 15.5. The van der Waals surface area contributed by atoms with Crippen LogP contribution in [0.3, 0.4) is 0 Å². The molecule has 1 aromatic carbocycles. The maximum absolute atomic E-state index is 11.7. The number of carbonyl (C=O) groups is 1. The summed E-state index contributed by atoms with van der Waals surface area (Å²) in [4.78, 5) is 11.7. The lowest BCUT2D eigenvalue weighted by Crippen LogP contribution is -2.30. The zero-order chi connectivity index (χ0) is 12.3. The fourth-order valence-corrected chi connectivity index (χ4v) is 1.85. The summed E-state index contributed by atoms with van der Waals surface area (Å²) in [6, 6.07) is 8.51. The van der Waals surface area contributed by atoms with E-state index in [0.29, 0.717) is 6.04 Å². The SMILES string of the molecule is CC(C)NC(=O)c1ccc(NC2CCC2)cc1. The summed E-state index contributed by atoms with van der Waals surface area (Å²) < 4.78 is 0. The van der Waals surface area contributed by atoms with Gasteiger partial charge in [0.15, 0.2) is 0 Å². The van der Waals surface area contributed by atoms with Crippen molar-refractivity contribution in [2.75, 3.05) is 5.32 Å². The van der Waals surface area contributed by atoms with Crippen LogP contribution in [0.4, 0.5) is 5.69 Å². The first kappa shape index (κ1) is 12.0. The number of amides is 1. The van der Waals surface area contributed by atoms with Crippen LogP contribution in [-0.4, -0.2) is 18.0 Å². The third kappa shape index (κ3) is 3.22. The van der Waals surface area contributed by atoms with Gasteiger partial charge in [0.05, 0.1) is 0 Å². The maximum atomic E-state index is 11.7. The smallest absolute Gasteiger partial charge is 0.251 e. The molecule has 0 aromatic heterocycles. The second-order valence-electron chi connectivity index (χ2n) is 4.98. The first-order valence-electron chi connectivity index (χ1n) is 6.32. The number of carbonyl (C=O) groups excluding carboxylic acids is 1. The molecule has 0 saturated heterocycles. The molecule has 0 bridgehead atoms. The van der Waals surface area contributed by atoms with Crippen LogP contribution in [0, 0.1) is 0 Å². The lowest BCUT2D eigenvalue weighted by Gasteiger charge is -2.27. The molecule has 1 aliphatic carbocycles. The molecule has 0 unspecified atom stereocenters. The Balaban J connectivity index is 1.94. The van der Waals surface area contributed by atoms with E-state index in [2.05, 4.69) is 10.6 Å². The van der Waals surface area contributed by atoms with Gasteiger partial charge in [0.25, 0.3) is 5.91 Å². The van der Waals surface area contributed by atoms with E-state index < -0.39 is 0 Å². The fraction of sp³-hybridized carbons (Fsp3) is 0.500. The summed E-state index contributed by atoms with van der Waals surface area (Å²) in [5, 5.41) is 6.34. The molecule has 2 N–H and O–H groups in total. The highest BCUT2D eigenvalue weighted by Crippen LogP contribution is 2.23. The first-order chi connectivity index (χ1) is 8.15. The fourth-order valence-electron chi connectivity index (χ4n) is 1.85. The molecule has 1 saturated carbocycles. The van der Waals surface area contributed by atoms with Crippen molar-refractivity contribution in [1.29, 1.82) is 0 Å². The first-order valence-corrected chi connectivity index (χ1v) is 6.32. The van der Waals surface area contributed by atoms with Crippen molar-refractivity contribution in [2.24, 2.45) is 0 Å². The van der Waals surface area contributed by atoms with Gasteiger partial charge in [-0.1, -0.05) is 0 Å². The van der Waals surface area contributed by atoms with E-state index in [0.717, 1.165) is 11.3 Å². The molecule has 2 rings (SSSR count). The molecule has 92 valence electrons. The van der Waals surface area contributed by atoms with Gasteiger partial charge in [0.2, 0.25) is 0 Å². The van der Waals surface area contributed by atoms with Gasteiger partial charge >= 0.3 is 0 Å². The van der Waals surface area contributed by atoms with E-state index in [-0.39, 0.29) is 11.9 Å². The van der Waals surface area contributed by atoms with E-state index in [4.69, 9.17) is 0 Å². The van der Waals surface area contributed by atoms with Gasteiger partial charge in [0.1, 0.15) is 0 Å². The molecule has 1 aliphatic rings. The Morgan fingerprint density at radius 1 is 1.24 bits per heavy atom. The summed E-state index contributed by atoms with van der Waals surface area (Å²) in [5.41, 5.74) is 1.83. The number of rotatable bonds is 4. The Labute approximate surface area is 103 Å². The standard InChI is InChI=1S/C14H20N2O/c1-10(2)15-14(17)11-6-8-13(9-7-11)16-12-4-3-5-12/h6-10,12,16H,3-5H2,1-2H3,(H,15,17). The number of nitrogens with one attached hydrogen (secondary N) is 2. The maximum Gasteiger partial charge on any atom is 0.251 e. The number of benzene rings is 1. The van der Waals surface area contributed by atoms with Crippen LogP contribution >= 0.6 is 0 Å². The number of anilines is 1. The molecule has 0 radical (unpaired) electrons. The van der Waals surface area contributed by atoms with E-state index in [9.17, 15) is 4.79 Å². The molecular formula is C14H20N2O. The predicted molar refractivity (Wildman–Crippen MR) is 70.3 cm³/mol. The monoisotopic (exact) mass is 232 g/mol. The van der Waals surface area contributed by atoms with Crippen LogP contribution in [-0.2, 0) is 0 Å². The zero-order valence-electron chi connectivity index (χ0n) is 10.5. The Hall–Kier alpha value is -1.51. The van der Waals surface area contributed by atoms with E-state index in [1.807, 2.05) is 38.1 Å². The van der Waals surface area contributed by atoms with Gasteiger partial charge in [-0.05, 0) is 57.4 Å². The van der Waals surface area contributed by atoms with Crippen LogP contribution < -0.4 is 10.6 Å². The number of hydrogen-bond donors (Lipinski definition) is 2. The number of hydrogen-bond acceptors (Lipinski definition) is 2. The van der Waals surface area contributed by atoms with Gasteiger partial charge in [-0.25, -0.2) is 0 Å². The van der Waals surface area contributed by atoms with Crippen molar-refractivity contribution in [1.82, 2.24) is 5.32 Å². The second kappa shape index (κ2) is 5.21. The summed E-state index contributed by atoms with van der Waals surface area (Å²) in [6.07, 6.45) is 3.84. The van der Waals surface area contributed by atoms with Gasteiger partial charge in [0, 0.05) is 23.3 Å². The average molecular weight is 232 g/mol. The van der Waals surface area contributed by atoms with E-state index in [1.54, 1.807) is 0 Å². The van der Waals surface area contributed by atoms with E-state index >= 15 is 0 Å². The molecule has 0 atom stereocenters. The highest BCUT2D eigenvalue weighted by molar-refractivity contribution is 5.94. The zero-order valence-corrected chi connectivity index (χ0v) is 10.5. The minimum absolute atomic E-state index is 0.00445. The quantitative estimate of drug-likeness (QED) is 0.838. The minimum Gasteiger partial charge on any atom is -0.382 e. The van der Waals surface area contributed by atoms with Crippen LogP contribution in [0.15, 0.2) is 24.3 Å². The van der Waals surface area contributed by atoms with Gasteiger partial charge in [-0.3, -0.25) is 4.79 Å². The lowest BCUT2D eigenvalue weighted by atomic mass is 9.93. The Morgan fingerprint density at radius 3 is 2.35 bits per heavy atom. The predicted octanol–water partition coefficient (Wildman–Crippen LogP) is 2.79. The summed E-state index contributed by atoms with van der Waals surface area (Å²) in [7, 11) is 0. The van der Waals surface area contributed by atoms with Gasteiger partial charge in [-0.15, -0.1) is 0 Å². The van der Waals surface area contributed by atoms with Crippen molar-refractivity contribution in [2.45, 2.75) is 45.2 Å². The van der Waals surface area contributed by atoms with Crippen molar-refractivity contribution in [3.63, 3.8) is 0 Å². The summed E-state index contributed by atoms with van der Waals surface area (Å²) in [6.45, 7) is 3.93. The summed E-state index contributed by atoms with van der Waals surface area (Å²) in [5.74, 6) is -0.00445. The molecular weight excluding hydrogens is 212 g/mol. The highest BCUT2D eigenvalue weighted by atomic mass is 16.1. The van der Waals surface area contributed by atoms with Gasteiger partial charge in [-0.2, -0.15) is 0 Å².